The lowest BCUT2D eigenvalue weighted by Crippen LogP contribution is -2.41. The van der Waals surface area contributed by atoms with Crippen molar-refractivity contribution in [3.63, 3.8) is 0 Å². The molecule has 1 fully saturated rings. The Labute approximate surface area is 197 Å². The van der Waals surface area contributed by atoms with Crippen LogP contribution in [0.1, 0.15) is 48.5 Å². The molecule has 0 spiro atoms. The van der Waals surface area contributed by atoms with Crippen LogP contribution in [0.3, 0.4) is 0 Å². The lowest BCUT2D eigenvalue weighted by atomic mass is 9.86. The van der Waals surface area contributed by atoms with Crippen LogP contribution >= 0.6 is 0 Å². The van der Waals surface area contributed by atoms with E-state index in [1.54, 1.807) is 38.5 Å². The number of methoxy groups -OCH3 is 2. The molecule has 1 aliphatic rings. The number of rotatable bonds is 7. The summed E-state index contributed by atoms with van der Waals surface area (Å²) in [4.78, 5) is 41.3. The maximum Gasteiger partial charge on any atom is 0.328 e. The van der Waals surface area contributed by atoms with Crippen molar-refractivity contribution in [1.29, 1.82) is 0 Å². The number of hydrogen-bond donors (Lipinski definition) is 2. The first-order chi connectivity index (χ1) is 16.4. The highest BCUT2D eigenvalue weighted by molar-refractivity contribution is 5.97. The normalized spacial score (nSPS) is 18.0. The molecule has 2 N–H and O–H groups in total. The Hall–Kier alpha value is -3.55. The number of nitrogens with one attached hydrogen (secondary N) is 2. The molecule has 1 aromatic heterocycles. The maximum absolute atomic E-state index is 13.0. The lowest BCUT2D eigenvalue weighted by Gasteiger charge is -2.29. The summed E-state index contributed by atoms with van der Waals surface area (Å²) in [5.74, 6) is 1.47. The summed E-state index contributed by atoms with van der Waals surface area (Å²) in [6.07, 6.45) is 4.86. The van der Waals surface area contributed by atoms with Crippen molar-refractivity contribution in [2.75, 3.05) is 14.2 Å². The van der Waals surface area contributed by atoms with Gasteiger partial charge in [-0.25, -0.2) is 4.79 Å². The molecule has 1 saturated carbocycles. The number of H-pyrrole nitrogens is 1. The van der Waals surface area contributed by atoms with E-state index >= 15 is 0 Å². The van der Waals surface area contributed by atoms with Gasteiger partial charge < -0.3 is 19.8 Å². The zero-order valence-electron chi connectivity index (χ0n) is 19.8. The molecule has 4 rings (SSSR count). The van der Waals surface area contributed by atoms with E-state index in [9.17, 15) is 14.4 Å². The fourth-order valence-electron chi connectivity index (χ4n) is 4.66. The van der Waals surface area contributed by atoms with E-state index < -0.39 is 5.69 Å². The van der Waals surface area contributed by atoms with Gasteiger partial charge in [0.05, 0.1) is 25.1 Å². The maximum atomic E-state index is 13.0. The first-order valence-corrected chi connectivity index (χ1v) is 11.7. The number of hydrogen-bond acceptors (Lipinski definition) is 5. The van der Waals surface area contributed by atoms with E-state index in [0.29, 0.717) is 40.3 Å². The standard InChI is InChI=1S/C26H31N3O5/c1-16-6-4-5-7-20(16)27-24(30)18-9-10-19-21(15-18)28-26(32)29(25(19)31)13-12-17-8-11-22(33-2)23(14-17)34-3/h8-11,14-16,20H,4-7,12-13H2,1-3H3,(H,27,30)(H,28,32)/t16-,20-/m0/s1. The van der Waals surface area contributed by atoms with E-state index in [1.165, 1.54) is 11.0 Å². The van der Waals surface area contributed by atoms with Crippen molar-refractivity contribution in [3.8, 4) is 11.5 Å². The second-order valence-electron chi connectivity index (χ2n) is 8.93. The van der Waals surface area contributed by atoms with Gasteiger partial charge in [-0.1, -0.05) is 25.8 Å². The van der Waals surface area contributed by atoms with Crippen LogP contribution in [0.2, 0.25) is 0 Å². The average Bonchev–Trinajstić information content (AvgIpc) is 2.84. The quantitative estimate of drug-likeness (QED) is 0.558. The van der Waals surface area contributed by atoms with Crippen molar-refractivity contribution in [2.24, 2.45) is 5.92 Å². The third-order valence-corrected chi connectivity index (χ3v) is 6.74. The van der Waals surface area contributed by atoms with Crippen molar-refractivity contribution in [1.82, 2.24) is 14.9 Å². The highest BCUT2D eigenvalue weighted by atomic mass is 16.5. The second kappa shape index (κ2) is 10.2. The molecule has 1 heterocycles. The smallest absolute Gasteiger partial charge is 0.328 e. The van der Waals surface area contributed by atoms with Crippen molar-refractivity contribution < 1.29 is 14.3 Å². The Morgan fingerprint density at radius 3 is 2.56 bits per heavy atom. The molecule has 2 aromatic carbocycles. The lowest BCUT2D eigenvalue weighted by molar-refractivity contribution is 0.0910. The number of amides is 1. The molecule has 1 aliphatic carbocycles. The van der Waals surface area contributed by atoms with E-state index in [-0.39, 0.29) is 24.1 Å². The van der Waals surface area contributed by atoms with E-state index in [0.717, 1.165) is 24.8 Å². The van der Waals surface area contributed by atoms with Crippen LogP contribution in [0.4, 0.5) is 0 Å². The van der Waals surface area contributed by atoms with Gasteiger partial charge in [0.2, 0.25) is 0 Å². The SMILES string of the molecule is COc1ccc(CCn2c(=O)[nH]c3cc(C(=O)N[C@H]4CCCC[C@@H]4C)ccc3c2=O)cc1OC. The largest absolute Gasteiger partial charge is 0.493 e. The van der Waals surface area contributed by atoms with Crippen LogP contribution in [0.15, 0.2) is 46.0 Å². The Balaban J connectivity index is 1.54. The molecule has 0 aliphatic heterocycles. The number of carbonyl (C=O) groups is 1. The molecule has 0 saturated heterocycles. The average molecular weight is 466 g/mol. The minimum Gasteiger partial charge on any atom is -0.493 e. The summed E-state index contributed by atoms with van der Waals surface area (Å²) >= 11 is 0. The summed E-state index contributed by atoms with van der Waals surface area (Å²) < 4.78 is 11.8. The van der Waals surface area contributed by atoms with Gasteiger partial charge in [-0.2, -0.15) is 0 Å². The van der Waals surface area contributed by atoms with Gasteiger partial charge >= 0.3 is 5.69 Å². The van der Waals surface area contributed by atoms with Crippen LogP contribution in [0, 0.1) is 5.92 Å². The minimum atomic E-state index is -0.503. The van der Waals surface area contributed by atoms with Gasteiger partial charge in [-0.05, 0) is 61.1 Å². The molecule has 0 radical (unpaired) electrons. The number of ether oxygens (including phenoxy) is 2. The van der Waals surface area contributed by atoms with Crippen molar-refractivity contribution in [2.45, 2.75) is 51.6 Å². The molecule has 8 nitrogen and oxygen atoms in total. The minimum absolute atomic E-state index is 0.153. The number of carbonyl (C=O) groups excluding carboxylic acids is 1. The molecule has 180 valence electrons. The summed E-state index contributed by atoms with van der Waals surface area (Å²) in [5, 5.41) is 3.48. The summed E-state index contributed by atoms with van der Waals surface area (Å²) in [6.45, 7) is 2.37. The first kappa shape index (κ1) is 23.6. The number of aromatic nitrogens is 2. The van der Waals surface area contributed by atoms with Gasteiger partial charge in [0.25, 0.3) is 11.5 Å². The van der Waals surface area contributed by atoms with Gasteiger partial charge in [0, 0.05) is 18.2 Å². The van der Waals surface area contributed by atoms with Crippen LogP contribution in [-0.2, 0) is 13.0 Å². The first-order valence-electron chi connectivity index (χ1n) is 11.7. The monoisotopic (exact) mass is 465 g/mol. The molecular weight excluding hydrogens is 434 g/mol. The van der Waals surface area contributed by atoms with Gasteiger partial charge in [-0.15, -0.1) is 0 Å². The molecule has 0 unspecified atom stereocenters. The molecule has 2 atom stereocenters. The topological polar surface area (TPSA) is 102 Å². The summed E-state index contributed by atoms with van der Waals surface area (Å²) in [7, 11) is 3.13. The Morgan fingerprint density at radius 1 is 1.06 bits per heavy atom. The number of aromatic amines is 1. The van der Waals surface area contributed by atoms with Crippen molar-refractivity contribution in [3.05, 3.63) is 68.4 Å². The van der Waals surface area contributed by atoms with Gasteiger partial charge in [0.15, 0.2) is 11.5 Å². The number of aryl methyl sites for hydroxylation is 1. The van der Waals surface area contributed by atoms with Crippen molar-refractivity contribution >= 4 is 16.8 Å². The predicted octanol–water partition coefficient (Wildman–Crippen LogP) is 3.26. The summed E-state index contributed by atoms with van der Waals surface area (Å²) in [5.41, 5.74) is 0.821. The van der Waals surface area contributed by atoms with E-state index in [4.69, 9.17) is 9.47 Å². The Bertz CT molecular complexity index is 1310. The Kier molecular flexibility index (Phi) is 7.05. The third-order valence-electron chi connectivity index (χ3n) is 6.74. The van der Waals surface area contributed by atoms with Crippen LogP contribution in [0.5, 0.6) is 11.5 Å². The molecule has 34 heavy (non-hydrogen) atoms. The van der Waals surface area contributed by atoms with E-state index in [2.05, 4.69) is 17.2 Å². The zero-order valence-corrected chi connectivity index (χ0v) is 19.8. The fraction of sp³-hybridized carbons (Fsp3) is 0.423. The second-order valence-corrected chi connectivity index (χ2v) is 8.93. The Morgan fingerprint density at radius 2 is 1.82 bits per heavy atom. The summed E-state index contributed by atoms with van der Waals surface area (Å²) in [6, 6.07) is 10.5. The number of benzene rings is 2. The zero-order chi connectivity index (χ0) is 24.2. The van der Waals surface area contributed by atoms with E-state index in [1.807, 2.05) is 12.1 Å². The molecule has 3 aromatic rings. The number of nitrogens with zero attached hydrogens (tertiary/aromatic N) is 1. The van der Waals surface area contributed by atoms with Crippen LogP contribution in [0.25, 0.3) is 10.9 Å². The number of fused-ring (bicyclic) bond motifs is 1. The molecular formula is C26H31N3O5. The van der Waals surface area contributed by atoms with Crippen LogP contribution in [-0.4, -0.2) is 35.7 Å². The molecule has 8 heteroatoms. The van der Waals surface area contributed by atoms with Gasteiger partial charge in [-0.3, -0.25) is 14.2 Å². The fourth-order valence-corrected chi connectivity index (χ4v) is 4.66. The highest BCUT2D eigenvalue weighted by Crippen LogP contribution is 2.28. The predicted molar refractivity (Wildman–Crippen MR) is 131 cm³/mol. The molecule has 1 amide bonds. The van der Waals surface area contributed by atoms with Crippen LogP contribution < -0.4 is 26.0 Å². The van der Waals surface area contributed by atoms with Gasteiger partial charge in [0.1, 0.15) is 0 Å². The highest BCUT2D eigenvalue weighted by Gasteiger charge is 2.23. The molecule has 0 bridgehead atoms. The third kappa shape index (κ3) is 4.85.